The van der Waals surface area contributed by atoms with Crippen LogP contribution in [0.1, 0.15) is 58.6 Å². The second-order valence-corrected chi connectivity index (χ2v) is 9.14. The SMILES string of the molecule is CNc1nc([C@@H]2CCN(Cc3c(C)cc(OC)c(C)c3C)C2)nc2c1CCN(C(C)=O)C2. The third kappa shape index (κ3) is 4.18. The number of likely N-dealkylation sites (tertiary alicyclic amines) is 1. The molecule has 0 aliphatic carbocycles. The summed E-state index contributed by atoms with van der Waals surface area (Å²) in [6.45, 7) is 12.4. The Hall–Kier alpha value is -2.67. The summed E-state index contributed by atoms with van der Waals surface area (Å²) in [5.41, 5.74) is 7.36. The fourth-order valence-corrected chi connectivity index (χ4v) is 5.07. The summed E-state index contributed by atoms with van der Waals surface area (Å²) in [6, 6.07) is 2.15. The van der Waals surface area contributed by atoms with E-state index in [1.807, 2.05) is 11.9 Å². The zero-order valence-electron chi connectivity index (χ0n) is 20.2. The molecule has 1 atom stereocenters. The molecule has 0 radical (unpaired) electrons. The normalized spacial score (nSPS) is 18.6. The maximum atomic E-state index is 11.9. The molecular formula is C25H35N5O2. The third-order valence-electron chi connectivity index (χ3n) is 7.21. The number of fused-ring (bicyclic) bond motifs is 1. The van der Waals surface area contributed by atoms with Crippen LogP contribution in [0.2, 0.25) is 0 Å². The van der Waals surface area contributed by atoms with Crippen LogP contribution in [0.4, 0.5) is 5.82 Å². The van der Waals surface area contributed by atoms with Crippen LogP contribution in [-0.4, -0.2) is 59.5 Å². The summed E-state index contributed by atoms with van der Waals surface area (Å²) in [5.74, 6) is 3.20. The van der Waals surface area contributed by atoms with Crippen molar-refractivity contribution >= 4 is 11.7 Å². The summed E-state index contributed by atoms with van der Waals surface area (Å²) in [4.78, 5) is 26.1. The van der Waals surface area contributed by atoms with Gasteiger partial charge in [0.25, 0.3) is 0 Å². The first kappa shape index (κ1) is 22.5. The Morgan fingerprint density at radius 1 is 1.22 bits per heavy atom. The Bertz CT molecular complexity index is 1040. The first-order chi connectivity index (χ1) is 15.3. The molecule has 2 aliphatic rings. The maximum Gasteiger partial charge on any atom is 0.219 e. The molecule has 1 saturated heterocycles. The molecule has 32 heavy (non-hydrogen) atoms. The van der Waals surface area contributed by atoms with Crippen molar-refractivity contribution < 1.29 is 9.53 Å². The van der Waals surface area contributed by atoms with Gasteiger partial charge in [0, 0.05) is 45.1 Å². The van der Waals surface area contributed by atoms with E-state index in [2.05, 4.69) is 37.1 Å². The van der Waals surface area contributed by atoms with Crippen LogP contribution in [-0.2, 0) is 24.3 Å². The van der Waals surface area contributed by atoms with E-state index in [4.69, 9.17) is 14.7 Å². The Morgan fingerprint density at radius 2 is 2.00 bits per heavy atom. The van der Waals surface area contributed by atoms with E-state index in [-0.39, 0.29) is 5.91 Å². The van der Waals surface area contributed by atoms with Crippen LogP contribution in [0.25, 0.3) is 0 Å². The van der Waals surface area contributed by atoms with Crippen molar-refractivity contribution in [2.75, 3.05) is 39.1 Å². The molecule has 3 heterocycles. The van der Waals surface area contributed by atoms with Gasteiger partial charge in [0.05, 0.1) is 19.3 Å². The van der Waals surface area contributed by atoms with Gasteiger partial charge in [-0.15, -0.1) is 0 Å². The van der Waals surface area contributed by atoms with Gasteiger partial charge in [-0.1, -0.05) is 0 Å². The zero-order chi connectivity index (χ0) is 23.0. The summed E-state index contributed by atoms with van der Waals surface area (Å²) >= 11 is 0. The predicted octanol–water partition coefficient (Wildman–Crippen LogP) is 3.35. The molecule has 2 aliphatic heterocycles. The maximum absolute atomic E-state index is 11.9. The average molecular weight is 438 g/mol. The highest BCUT2D eigenvalue weighted by molar-refractivity contribution is 5.73. The summed E-state index contributed by atoms with van der Waals surface area (Å²) in [6.07, 6.45) is 1.85. The van der Waals surface area contributed by atoms with Crippen LogP contribution in [0.3, 0.4) is 0 Å². The number of aryl methyl sites for hydroxylation is 1. The smallest absolute Gasteiger partial charge is 0.219 e. The number of anilines is 1. The van der Waals surface area contributed by atoms with E-state index in [1.165, 1.54) is 22.3 Å². The molecule has 2 aromatic rings. The van der Waals surface area contributed by atoms with Crippen molar-refractivity contribution in [3.63, 3.8) is 0 Å². The number of hydrogen-bond donors (Lipinski definition) is 1. The number of benzene rings is 1. The number of amides is 1. The minimum absolute atomic E-state index is 0.106. The lowest BCUT2D eigenvalue weighted by atomic mass is 9.97. The molecule has 1 amide bonds. The molecule has 1 N–H and O–H groups in total. The average Bonchev–Trinajstić information content (AvgIpc) is 3.26. The fourth-order valence-electron chi connectivity index (χ4n) is 5.07. The van der Waals surface area contributed by atoms with Crippen molar-refractivity contribution in [3.8, 4) is 5.75 Å². The van der Waals surface area contributed by atoms with Gasteiger partial charge < -0.3 is 15.0 Å². The Morgan fingerprint density at radius 3 is 2.69 bits per heavy atom. The zero-order valence-corrected chi connectivity index (χ0v) is 20.2. The summed E-state index contributed by atoms with van der Waals surface area (Å²) < 4.78 is 5.54. The lowest BCUT2D eigenvalue weighted by Gasteiger charge is -2.29. The predicted molar refractivity (Wildman–Crippen MR) is 126 cm³/mol. The second kappa shape index (κ2) is 9.06. The van der Waals surface area contributed by atoms with E-state index in [1.54, 1.807) is 14.0 Å². The monoisotopic (exact) mass is 437 g/mol. The molecule has 7 nitrogen and oxygen atoms in total. The Labute approximate surface area is 191 Å². The molecule has 7 heteroatoms. The van der Waals surface area contributed by atoms with Gasteiger partial charge in [-0.25, -0.2) is 9.97 Å². The number of nitrogens with one attached hydrogen (secondary N) is 1. The van der Waals surface area contributed by atoms with E-state index in [9.17, 15) is 4.79 Å². The van der Waals surface area contributed by atoms with Crippen molar-refractivity contribution in [2.45, 2.75) is 59.5 Å². The highest BCUT2D eigenvalue weighted by atomic mass is 16.5. The highest BCUT2D eigenvalue weighted by Gasteiger charge is 2.30. The van der Waals surface area contributed by atoms with Crippen LogP contribution < -0.4 is 10.1 Å². The number of carbonyl (C=O) groups excluding carboxylic acids is 1. The van der Waals surface area contributed by atoms with Crippen molar-refractivity contribution in [1.82, 2.24) is 19.8 Å². The summed E-state index contributed by atoms with van der Waals surface area (Å²) in [7, 11) is 3.65. The van der Waals surface area contributed by atoms with Gasteiger partial charge >= 0.3 is 0 Å². The van der Waals surface area contributed by atoms with E-state index in [0.717, 1.165) is 67.7 Å². The van der Waals surface area contributed by atoms with Crippen molar-refractivity contribution in [1.29, 1.82) is 0 Å². The van der Waals surface area contributed by atoms with Crippen LogP contribution in [0, 0.1) is 20.8 Å². The molecule has 172 valence electrons. The Kier molecular flexibility index (Phi) is 6.38. The number of nitrogens with zero attached hydrogens (tertiary/aromatic N) is 4. The van der Waals surface area contributed by atoms with E-state index in [0.29, 0.717) is 12.5 Å². The fraction of sp³-hybridized carbons (Fsp3) is 0.560. The van der Waals surface area contributed by atoms with E-state index < -0.39 is 0 Å². The standard InChI is InChI=1S/C25H35N5O2/c1-15-11-23(32-6)17(3)16(2)21(15)13-29-9-7-19(12-29)24-27-22-14-30(18(4)31)10-8-20(22)25(26-5)28-24/h11,19H,7-10,12-14H2,1-6H3,(H,26,27,28)/t19-/m1/s1. The van der Waals surface area contributed by atoms with E-state index >= 15 is 0 Å². The van der Waals surface area contributed by atoms with Crippen LogP contribution in [0.15, 0.2) is 6.07 Å². The van der Waals surface area contributed by atoms with Gasteiger partial charge in [-0.3, -0.25) is 9.69 Å². The molecular weight excluding hydrogens is 402 g/mol. The van der Waals surface area contributed by atoms with Crippen molar-refractivity contribution in [3.05, 3.63) is 45.4 Å². The second-order valence-electron chi connectivity index (χ2n) is 9.14. The van der Waals surface area contributed by atoms with Gasteiger partial charge in [0.2, 0.25) is 5.91 Å². The van der Waals surface area contributed by atoms with Gasteiger partial charge in [-0.05, 0) is 68.5 Å². The van der Waals surface area contributed by atoms with Crippen LogP contribution >= 0.6 is 0 Å². The largest absolute Gasteiger partial charge is 0.496 e. The molecule has 1 fully saturated rings. The quantitative estimate of drug-likeness (QED) is 0.774. The number of methoxy groups -OCH3 is 1. The highest BCUT2D eigenvalue weighted by Crippen LogP contribution is 2.33. The first-order valence-electron chi connectivity index (χ1n) is 11.5. The van der Waals surface area contributed by atoms with Crippen LogP contribution in [0.5, 0.6) is 5.75 Å². The number of ether oxygens (including phenoxy) is 1. The first-order valence-corrected chi connectivity index (χ1v) is 11.5. The topological polar surface area (TPSA) is 70.6 Å². The molecule has 4 rings (SSSR count). The minimum atomic E-state index is 0.106. The van der Waals surface area contributed by atoms with Gasteiger partial charge in [0.1, 0.15) is 17.4 Å². The molecule has 1 aromatic heterocycles. The van der Waals surface area contributed by atoms with Gasteiger partial charge in [0.15, 0.2) is 0 Å². The number of rotatable bonds is 5. The minimum Gasteiger partial charge on any atom is -0.496 e. The lowest BCUT2D eigenvalue weighted by Crippen LogP contribution is -2.35. The third-order valence-corrected chi connectivity index (χ3v) is 7.21. The molecule has 0 saturated carbocycles. The lowest BCUT2D eigenvalue weighted by molar-refractivity contribution is -0.129. The Balaban J connectivity index is 1.54. The number of aromatic nitrogens is 2. The molecule has 0 unspecified atom stereocenters. The summed E-state index contributed by atoms with van der Waals surface area (Å²) in [5, 5.41) is 3.27. The van der Waals surface area contributed by atoms with Crippen molar-refractivity contribution in [2.24, 2.45) is 0 Å². The number of carbonyl (C=O) groups is 1. The molecule has 0 spiro atoms. The molecule has 0 bridgehead atoms. The molecule has 1 aromatic carbocycles. The van der Waals surface area contributed by atoms with Gasteiger partial charge in [-0.2, -0.15) is 0 Å². The number of hydrogen-bond acceptors (Lipinski definition) is 6.